The van der Waals surface area contributed by atoms with Crippen molar-refractivity contribution >= 4 is 39.7 Å². The van der Waals surface area contributed by atoms with Crippen molar-refractivity contribution in [2.24, 2.45) is 0 Å². The van der Waals surface area contributed by atoms with Gasteiger partial charge in [-0.25, -0.2) is 9.78 Å². The van der Waals surface area contributed by atoms with Crippen LogP contribution in [0.25, 0.3) is 0 Å². The molecule has 0 fully saturated rings. The standard InChI is InChI=1S/C12H8ClN3O2S/c1-18-11(17)9-10(13)16-12(19-9)15-8-4-2-7(6-14)3-5-8/h2-5H,1H3,(H,15,16). The Hall–Kier alpha value is -2.10. The Bertz CT molecular complexity index is 646. The first kappa shape index (κ1) is 13.3. The third kappa shape index (κ3) is 3.02. The van der Waals surface area contributed by atoms with Crippen LogP contribution in [-0.2, 0) is 4.74 Å². The lowest BCUT2D eigenvalue weighted by Crippen LogP contribution is -1.98. The van der Waals surface area contributed by atoms with Gasteiger partial charge in [-0.3, -0.25) is 0 Å². The van der Waals surface area contributed by atoms with Crippen LogP contribution in [0.15, 0.2) is 24.3 Å². The second-order valence-electron chi connectivity index (χ2n) is 3.44. The van der Waals surface area contributed by atoms with Gasteiger partial charge in [-0.2, -0.15) is 5.26 Å². The normalized spacial score (nSPS) is 9.74. The summed E-state index contributed by atoms with van der Waals surface area (Å²) < 4.78 is 4.59. The monoisotopic (exact) mass is 293 g/mol. The first-order chi connectivity index (χ1) is 9.13. The third-order valence-corrected chi connectivity index (χ3v) is 3.56. The molecular formula is C12H8ClN3O2S. The maximum absolute atomic E-state index is 11.4. The van der Waals surface area contributed by atoms with E-state index in [9.17, 15) is 4.79 Å². The molecule has 0 unspecified atom stereocenters. The van der Waals surface area contributed by atoms with E-state index in [1.807, 2.05) is 6.07 Å². The second-order valence-corrected chi connectivity index (χ2v) is 4.80. The van der Waals surface area contributed by atoms with Crippen molar-refractivity contribution in [3.05, 3.63) is 39.9 Å². The van der Waals surface area contributed by atoms with Gasteiger partial charge in [0.2, 0.25) is 0 Å². The molecule has 0 amide bonds. The van der Waals surface area contributed by atoms with Crippen LogP contribution in [0.2, 0.25) is 5.15 Å². The number of hydrogen-bond donors (Lipinski definition) is 1. The van der Waals surface area contributed by atoms with Crippen LogP contribution < -0.4 is 5.32 Å². The first-order valence-corrected chi connectivity index (χ1v) is 6.35. The maximum Gasteiger partial charge on any atom is 0.351 e. The molecule has 0 aliphatic heterocycles. The lowest BCUT2D eigenvalue weighted by molar-refractivity contribution is 0.0606. The Morgan fingerprint density at radius 1 is 1.47 bits per heavy atom. The SMILES string of the molecule is COC(=O)c1sc(Nc2ccc(C#N)cc2)nc1Cl. The molecule has 2 aromatic rings. The van der Waals surface area contributed by atoms with E-state index < -0.39 is 5.97 Å². The highest BCUT2D eigenvalue weighted by atomic mass is 35.5. The molecule has 0 aliphatic carbocycles. The number of methoxy groups -OCH3 is 1. The number of anilines is 2. The Morgan fingerprint density at radius 3 is 2.74 bits per heavy atom. The summed E-state index contributed by atoms with van der Waals surface area (Å²) in [4.78, 5) is 15.7. The van der Waals surface area contributed by atoms with Gasteiger partial charge in [0.25, 0.3) is 0 Å². The molecule has 0 saturated heterocycles. The second kappa shape index (κ2) is 5.69. The van der Waals surface area contributed by atoms with Gasteiger partial charge in [-0.1, -0.05) is 22.9 Å². The van der Waals surface area contributed by atoms with Crippen molar-refractivity contribution in [3.63, 3.8) is 0 Å². The predicted octanol–water partition coefficient (Wildman–Crippen LogP) is 3.20. The largest absolute Gasteiger partial charge is 0.465 e. The molecule has 5 nitrogen and oxygen atoms in total. The summed E-state index contributed by atoms with van der Waals surface area (Å²) in [6, 6.07) is 8.87. The van der Waals surface area contributed by atoms with Crippen molar-refractivity contribution in [1.29, 1.82) is 5.26 Å². The van der Waals surface area contributed by atoms with Gasteiger partial charge >= 0.3 is 5.97 Å². The van der Waals surface area contributed by atoms with Gasteiger partial charge in [0, 0.05) is 5.69 Å². The summed E-state index contributed by atoms with van der Waals surface area (Å²) in [6.45, 7) is 0. The molecule has 0 atom stereocenters. The fourth-order valence-corrected chi connectivity index (χ4v) is 2.45. The Labute approximate surface area is 118 Å². The van der Waals surface area contributed by atoms with Crippen molar-refractivity contribution in [1.82, 2.24) is 4.98 Å². The number of thiazole rings is 1. The number of esters is 1. The lowest BCUT2D eigenvalue weighted by atomic mass is 10.2. The average molecular weight is 294 g/mol. The van der Waals surface area contributed by atoms with Crippen molar-refractivity contribution in [3.8, 4) is 6.07 Å². The summed E-state index contributed by atoms with van der Waals surface area (Å²) in [6.07, 6.45) is 0. The maximum atomic E-state index is 11.4. The molecule has 2 rings (SSSR count). The Kier molecular flexibility index (Phi) is 4.00. The van der Waals surface area contributed by atoms with E-state index in [0.29, 0.717) is 10.7 Å². The number of rotatable bonds is 3. The molecule has 0 aliphatic rings. The minimum absolute atomic E-state index is 0.105. The quantitative estimate of drug-likeness (QED) is 0.880. The zero-order valence-corrected chi connectivity index (χ0v) is 11.4. The number of aromatic nitrogens is 1. The third-order valence-electron chi connectivity index (χ3n) is 2.22. The van der Waals surface area contributed by atoms with Crippen LogP contribution in [0.5, 0.6) is 0 Å². The number of hydrogen-bond acceptors (Lipinski definition) is 6. The molecule has 1 aromatic heterocycles. The molecule has 1 heterocycles. The molecule has 96 valence electrons. The fourth-order valence-electron chi connectivity index (χ4n) is 1.33. The number of carbonyl (C=O) groups is 1. The van der Waals surface area contributed by atoms with Gasteiger partial charge in [-0.15, -0.1) is 0 Å². The van der Waals surface area contributed by atoms with Gasteiger partial charge in [0.1, 0.15) is 0 Å². The van der Waals surface area contributed by atoms with E-state index >= 15 is 0 Å². The molecule has 7 heteroatoms. The lowest BCUT2D eigenvalue weighted by Gasteiger charge is -2.01. The molecule has 0 bridgehead atoms. The molecule has 0 saturated carbocycles. The van der Waals surface area contributed by atoms with Crippen LogP contribution >= 0.6 is 22.9 Å². The predicted molar refractivity (Wildman–Crippen MR) is 72.9 cm³/mol. The molecule has 1 N–H and O–H groups in total. The van der Waals surface area contributed by atoms with Crippen molar-refractivity contribution in [2.75, 3.05) is 12.4 Å². The highest BCUT2D eigenvalue weighted by Crippen LogP contribution is 2.29. The fraction of sp³-hybridized carbons (Fsp3) is 0.0833. The summed E-state index contributed by atoms with van der Waals surface area (Å²) in [5, 5.41) is 12.3. The number of halogens is 1. The van der Waals surface area contributed by atoms with Crippen molar-refractivity contribution < 1.29 is 9.53 Å². The van der Waals surface area contributed by atoms with Crippen LogP contribution in [-0.4, -0.2) is 18.1 Å². The van der Waals surface area contributed by atoms with E-state index in [4.69, 9.17) is 16.9 Å². The number of nitriles is 1. The van der Waals surface area contributed by atoms with E-state index in [0.717, 1.165) is 17.0 Å². The number of nitrogens with zero attached hydrogens (tertiary/aromatic N) is 2. The molecule has 0 spiro atoms. The van der Waals surface area contributed by atoms with E-state index in [-0.39, 0.29) is 10.0 Å². The smallest absolute Gasteiger partial charge is 0.351 e. The van der Waals surface area contributed by atoms with Crippen LogP contribution in [0.3, 0.4) is 0 Å². The molecule has 0 radical (unpaired) electrons. The number of nitrogens with one attached hydrogen (secondary N) is 1. The topological polar surface area (TPSA) is 75.0 Å². The van der Waals surface area contributed by atoms with Gasteiger partial charge in [0.15, 0.2) is 15.2 Å². The van der Waals surface area contributed by atoms with E-state index in [2.05, 4.69) is 15.0 Å². The van der Waals surface area contributed by atoms with Crippen LogP contribution in [0.4, 0.5) is 10.8 Å². The zero-order chi connectivity index (χ0) is 13.8. The van der Waals surface area contributed by atoms with E-state index in [1.54, 1.807) is 24.3 Å². The summed E-state index contributed by atoms with van der Waals surface area (Å²) in [5.41, 5.74) is 1.32. The minimum Gasteiger partial charge on any atom is -0.465 e. The summed E-state index contributed by atoms with van der Waals surface area (Å²) in [5.74, 6) is -0.518. The van der Waals surface area contributed by atoms with Crippen LogP contribution in [0.1, 0.15) is 15.2 Å². The number of carbonyl (C=O) groups excluding carboxylic acids is 1. The highest BCUT2D eigenvalue weighted by Gasteiger charge is 2.17. The van der Waals surface area contributed by atoms with Gasteiger partial charge < -0.3 is 10.1 Å². The van der Waals surface area contributed by atoms with Crippen LogP contribution in [0, 0.1) is 11.3 Å². The number of benzene rings is 1. The molecular weight excluding hydrogens is 286 g/mol. The zero-order valence-electron chi connectivity index (χ0n) is 9.81. The van der Waals surface area contributed by atoms with Gasteiger partial charge in [0.05, 0.1) is 18.7 Å². The Morgan fingerprint density at radius 2 is 2.16 bits per heavy atom. The Balaban J connectivity index is 2.19. The highest BCUT2D eigenvalue weighted by molar-refractivity contribution is 7.18. The average Bonchev–Trinajstić information content (AvgIpc) is 2.79. The number of ether oxygens (including phenoxy) is 1. The van der Waals surface area contributed by atoms with Crippen molar-refractivity contribution in [2.45, 2.75) is 0 Å². The molecule has 19 heavy (non-hydrogen) atoms. The summed E-state index contributed by atoms with van der Waals surface area (Å²) >= 11 is 6.95. The van der Waals surface area contributed by atoms with Gasteiger partial charge in [-0.05, 0) is 24.3 Å². The van der Waals surface area contributed by atoms with E-state index in [1.165, 1.54) is 7.11 Å². The minimum atomic E-state index is -0.518. The molecule has 1 aromatic carbocycles. The summed E-state index contributed by atoms with van der Waals surface area (Å²) in [7, 11) is 1.28. The first-order valence-electron chi connectivity index (χ1n) is 5.16.